The molecule has 36 aliphatic rings. The van der Waals surface area contributed by atoms with Crippen LogP contribution in [0.1, 0.15) is 33.4 Å². The van der Waals surface area contributed by atoms with Gasteiger partial charge in [0.05, 0.1) is 0 Å². The summed E-state index contributed by atoms with van der Waals surface area (Å²) in [7, 11) is 13.4. The molecule has 0 saturated carbocycles. The Morgan fingerprint density at radius 1 is 0.214 bits per heavy atom. The van der Waals surface area contributed by atoms with Crippen molar-refractivity contribution in [1.82, 2.24) is 0 Å². The van der Waals surface area contributed by atoms with Crippen molar-refractivity contribution in [3.05, 3.63) is 179 Å². The van der Waals surface area contributed by atoms with Crippen molar-refractivity contribution in [3.8, 4) is 0 Å². The van der Waals surface area contributed by atoms with Crippen molar-refractivity contribution < 1.29 is 0 Å². The van der Waals surface area contributed by atoms with Crippen LogP contribution < -0.4 is 0 Å². The molecule has 0 saturated heterocycles. The summed E-state index contributed by atoms with van der Waals surface area (Å²) in [4.78, 5) is 0. The normalized spacial score (nSPS) is 18.2. The standard InChI is InChI=1S/C48H36As2S6/c1-7-37-19-44-14-32-2-8-38(44)20-43(37)13-31(1)25-51-49-52-26-33-3-9-39-23-47-17-35(5-11-41(47)21-45(39)15-33)29-55-50(54-28-32)56-30-36-6-12-42-22-46-16-34(27-53-49)4-10-40(46)24-48(42)18-36/h1-24H,25-30H2. The monoisotopic (exact) mass is 954 g/mol. The van der Waals surface area contributed by atoms with Crippen molar-refractivity contribution in [2.24, 2.45) is 0 Å². The third kappa shape index (κ3) is 7.92. The van der Waals surface area contributed by atoms with E-state index in [-0.39, 0.29) is 0 Å². The van der Waals surface area contributed by atoms with Crippen LogP contribution in [0.2, 0.25) is 0 Å². The maximum absolute atomic E-state index is 2.46. The first-order chi connectivity index (χ1) is 27.6. The maximum atomic E-state index is 2.46. The first kappa shape index (κ1) is 36.8. The van der Waals surface area contributed by atoms with Gasteiger partial charge in [0.2, 0.25) is 0 Å². The Morgan fingerprint density at radius 3 is 0.571 bits per heavy atom. The number of hydrogen-bond acceptors (Lipinski definition) is 6. The fraction of sp³-hybridized carbons (Fsp3) is 0.125. The first-order valence-electron chi connectivity index (χ1n) is 18.8. The molecule has 0 nitrogen and oxygen atoms in total. The fourth-order valence-corrected chi connectivity index (χ4v) is 40.1. The van der Waals surface area contributed by atoms with Crippen LogP contribution >= 0.6 is 60.1 Å². The molecule has 0 aromatic heterocycles. The van der Waals surface area contributed by atoms with E-state index < -0.39 is 22.4 Å². The molecule has 9 aromatic carbocycles. The van der Waals surface area contributed by atoms with E-state index in [9.17, 15) is 0 Å². The molecule has 56 heavy (non-hydrogen) atoms. The summed E-state index contributed by atoms with van der Waals surface area (Å²) < 4.78 is 0. The van der Waals surface area contributed by atoms with Crippen LogP contribution in [-0.2, 0) is 34.5 Å². The molecular formula is C48H36As2S6. The van der Waals surface area contributed by atoms with Gasteiger partial charge in [0.1, 0.15) is 0 Å². The molecule has 0 spiro atoms. The predicted molar refractivity (Wildman–Crippen MR) is 264 cm³/mol. The Morgan fingerprint density at radius 2 is 0.393 bits per heavy atom. The molecule has 0 fully saturated rings. The van der Waals surface area contributed by atoms with Crippen LogP contribution in [0.15, 0.2) is 146 Å². The Hall–Kier alpha value is -2.24. The van der Waals surface area contributed by atoms with Crippen LogP contribution in [0.5, 0.6) is 0 Å². The van der Waals surface area contributed by atoms with E-state index in [1.807, 2.05) is 0 Å². The molecule has 0 aliphatic carbocycles. The van der Waals surface area contributed by atoms with E-state index in [1.165, 1.54) is 98.0 Å². The Kier molecular flexibility index (Phi) is 10.6. The molecule has 0 atom stereocenters. The Labute approximate surface area is 356 Å². The molecule has 8 heteroatoms. The third-order valence-electron chi connectivity index (χ3n) is 10.8. The van der Waals surface area contributed by atoms with E-state index in [2.05, 4.69) is 206 Å². The number of hydrogen-bond donors (Lipinski definition) is 0. The van der Waals surface area contributed by atoms with Crippen molar-refractivity contribution in [2.75, 3.05) is 0 Å². The van der Waals surface area contributed by atoms with Crippen molar-refractivity contribution in [1.29, 1.82) is 0 Å². The van der Waals surface area contributed by atoms with Gasteiger partial charge in [-0.3, -0.25) is 0 Å². The van der Waals surface area contributed by atoms with E-state index in [0.717, 1.165) is 34.5 Å². The zero-order chi connectivity index (χ0) is 37.0. The minimum atomic E-state index is -1.41. The molecule has 9 aromatic rings. The zero-order valence-corrected chi connectivity index (χ0v) is 39.1. The van der Waals surface area contributed by atoms with Crippen molar-refractivity contribution in [2.45, 2.75) is 34.5 Å². The van der Waals surface area contributed by atoms with Gasteiger partial charge in [-0.05, 0) is 0 Å². The van der Waals surface area contributed by atoms with Crippen LogP contribution in [-0.4, -0.2) is 22.4 Å². The summed E-state index contributed by atoms with van der Waals surface area (Å²) in [6, 6.07) is 57.8. The quantitative estimate of drug-likeness (QED) is 0.109. The molecule has 0 amide bonds. The third-order valence-corrected chi connectivity index (χ3v) is 47.4. The second-order valence-corrected chi connectivity index (χ2v) is 48.2. The summed E-state index contributed by atoms with van der Waals surface area (Å²) in [5, 5.41) is 16.2. The predicted octanol–water partition coefficient (Wildman–Crippen LogP) is 15.4. The van der Waals surface area contributed by atoms with Crippen LogP contribution in [0, 0.1) is 0 Å². The molecule has 36 aliphatic heterocycles. The summed E-state index contributed by atoms with van der Waals surface area (Å²) >= 11 is -2.82. The summed E-state index contributed by atoms with van der Waals surface area (Å²) in [5.74, 6) is 6.35. The van der Waals surface area contributed by atoms with E-state index >= 15 is 0 Å². The SMILES string of the molecule is c1cc2cc3cc4ccc3cc2cc1CS[As]1SCc2ccc3cc5cc(ccc5cc3c2)CS[As](SC4)SCc2ccc3cc4cc(ccc4cc3c2)CS1. The van der Waals surface area contributed by atoms with Crippen molar-refractivity contribution in [3.63, 3.8) is 0 Å². The van der Waals surface area contributed by atoms with Crippen LogP contribution in [0.3, 0.4) is 0 Å². The average Bonchev–Trinajstić information content (AvgIpc) is 3.22. The summed E-state index contributed by atoms with van der Waals surface area (Å²) in [6.45, 7) is 0. The summed E-state index contributed by atoms with van der Waals surface area (Å²) in [5.41, 5.74) is 8.62. The van der Waals surface area contributed by atoms with E-state index in [1.54, 1.807) is 0 Å². The summed E-state index contributed by atoms with van der Waals surface area (Å²) in [6.07, 6.45) is 0. The zero-order valence-electron chi connectivity index (χ0n) is 30.4. The molecule has 0 radical (unpaired) electrons. The van der Waals surface area contributed by atoms with Gasteiger partial charge in [-0.15, -0.1) is 0 Å². The van der Waals surface area contributed by atoms with Gasteiger partial charge in [0, 0.05) is 0 Å². The van der Waals surface area contributed by atoms with Gasteiger partial charge < -0.3 is 0 Å². The number of rotatable bonds is 0. The molecule has 45 rings (SSSR count). The van der Waals surface area contributed by atoms with Gasteiger partial charge in [0.15, 0.2) is 0 Å². The van der Waals surface area contributed by atoms with Gasteiger partial charge in [-0.25, -0.2) is 0 Å². The molecule has 274 valence electrons. The van der Waals surface area contributed by atoms with E-state index in [4.69, 9.17) is 0 Å². The molecule has 36 heterocycles. The molecular weight excluding hydrogens is 919 g/mol. The fourth-order valence-electron chi connectivity index (χ4n) is 7.81. The second-order valence-electron chi connectivity index (χ2n) is 14.7. The molecule has 20 bridgehead atoms. The number of benzene rings is 9. The topological polar surface area (TPSA) is 0 Å². The van der Waals surface area contributed by atoms with Crippen molar-refractivity contribution >= 4 is 147 Å². The van der Waals surface area contributed by atoms with Gasteiger partial charge in [-0.2, -0.15) is 0 Å². The first-order valence-corrected chi connectivity index (χ1v) is 38.3. The minimum absolute atomic E-state index is 1.06. The second kappa shape index (κ2) is 16.1. The van der Waals surface area contributed by atoms with Gasteiger partial charge >= 0.3 is 361 Å². The molecule has 0 unspecified atom stereocenters. The van der Waals surface area contributed by atoms with Crippen LogP contribution in [0.4, 0.5) is 0 Å². The Bertz CT molecular complexity index is 2460. The van der Waals surface area contributed by atoms with E-state index in [0.29, 0.717) is 0 Å². The van der Waals surface area contributed by atoms with Gasteiger partial charge in [0.25, 0.3) is 0 Å². The Balaban J connectivity index is 1.03. The van der Waals surface area contributed by atoms with Crippen LogP contribution in [0.25, 0.3) is 64.6 Å². The molecule has 0 N–H and O–H groups in total. The van der Waals surface area contributed by atoms with Gasteiger partial charge in [-0.1, -0.05) is 0 Å². The average molecular weight is 955 g/mol.